The van der Waals surface area contributed by atoms with Crippen LogP contribution in [0.25, 0.3) is 0 Å². The quantitative estimate of drug-likeness (QED) is 0.795. The number of hydrogen-bond acceptors (Lipinski definition) is 4. The Morgan fingerprint density at radius 1 is 1.38 bits per heavy atom. The Bertz CT molecular complexity index is 365. The molecule has 88 valence electrons. The molecule has 0 aliphatic carbocycles. The Morgan fingerprint density at radius 3 is 2.62 bits per heavy atom. The summed E-state index contributed by atoms with van der Waals surface area (Å²) in [5, 5.41) is 0. The first-order chi connectivity index (χ1) is 7.52. The number of hydrogen-bond donors (Lipinski definition) is 1. The number of carbonyl (C=O) groups is 1. The number of nitrogen functional groups attached to an aromatic ring is 1. The Balaban J connectivity index is 2.67. The van der Waals surface area contributed by atoms with Crippen LogP contribution in [0.4, 0.5) is 5.82 Å². The average Bonchev–Trinajstić information content (AvgIpc) is 2.25. The molecule has 16 heavy (non-hydrogen) atoms. The minimum Gasteiger partial charge on any atom is -0.383 e. The van der Waals surface area contributed by atoms with E-state index in [0.29, 0.717) is 12.1 Å². The molecule has 0 spiro atoms. The molecule has 5 nitrogen and oxygen atoms in total. The molecule has 1 rings (SSSR count). The summed E-state index contributed by atoms with van der Waals surface area (Å²) in [5.74, 6) is 0.191. The number of amides is 1. The lowest BCUT2D eigenvalue weighted by Crippen LogP contribution is -2.33. The number of pyridine rings is 1. The van der Waals surface area contributed by atoms with Crippen LogP contribution in [0.5, 0.6) is 0 Å². The van der Waals surface area contributed by atoms with E-state index in [2.05, 4.69) is 4.98 Å². The Labute approximate surface area is 95.9 Å². The van der Waals surface area contributed by atoms with Crippen molar-refractivity contribution in [3.05, 3.63) is 23.9 Å². The van der Waals surface area contributed by atoms with E-state index in [0.717, 1.165) is 6.54 Å². The second-order valence-electron chi connectivity index (χ2n) is 3.97. The number of likely N-dealkylation sites (N-methyl/N-ethyl adjacent to an activating group) is 2. The minimum absolute atomic E-state index is 0.0903. The molecule has 0 aromatic carbocycles. The summed E-state index contributed by atoms with van der Waals surface area (Å²) in [6.45, 7) is 1.49. The van der Waals surface area contributed by atoms with Gasteiger partial charge in [0, 0.05) is 26.3 Å². The number of carbonyl (C=O) groups excluding carboxylic acids is 1. The zero-order valence-electron chi connectivity index (χ0n) is 9.97. The fourth-order valence-corrected chi connectivity index (χ4v) is 1.26. The van der Waals surface area contributed by atoms with Crippen molar-refractivity contribution in [2.75, 3.05) is 40.0 Å². The predicted molar refractivity (Wildman–Crippen MR) is 64.2 cm³/mol. The molecule has 0 fully saturated rings. The molecule has 0 saturated heterocycles. The molecule has 0 aliphatic rings. The molecule has 0 saturated carbocycles. The summed E-state index contributed by atoms with van der Waals surface area (Å²) in [5.41, 5.74) is 6.11. The highest BCUT2D eigenvalue weighted by Crippen LogP contribution is 2.09. The van der Waals surface area contributed by atoms with Gasteiger partial charge >= 0.3 is 0 Å². The lowest BCUT2D eigenvalue weighted by atomic mass is 10.2. The van der Waals surface area contributed by atoms with Crippen LogP contribution in [0.3, 0.4) is 0 Å². The second kappa shape index (κ2) is 5.46. The van der Waals surface area contributed by atoms with Crippen LogP contribution in [0.2, 0.25) is 0 Å². The summed E-state index contributed by atoms with van der Waals surface area (Å²) >= 11 is 0. The monoisotopic (exact) mass is 222 g/mol. The molecule has 0 radical (unpaired) electrons. The number of nitrogens with zero attached hydrogens (tertiary/aromatic N) is 3. The van der Waals surface area contributed by atoms with Crippen LogP contribution < -0.4 is 5.73 Å². The summed E-state index contributed by atoms with van der Waals surface area (Å²) in [6, 6.07) is 3.40. The molecule has 1 aromatic heterocycles. The molecule has 1 aromatic rings. The van der Waals surface area contributed by atoms with Crippen LogP contribution in [-0.4, -0.2) is 54.9 Å². The van der Waals surface area contributed by atoms with E-state index in [-0.39, 0.29) is 11.7 Å². The van der Waals surface area contributed by atoms with Crippen molar-refractivity contribution >= 4 is 11.7 Å². The maximum absolute atomic E-state index is 12.0. The summed E-state index contributed by atoms with van der Waals surface area (Å²) in [6.07, 6.45) is 1.58. The van der Waals surface area contributed by atoms with Crippen molar-refractivity contribution in [1.29, 1.82) is 0 Å². The standard InChI is InChI=1S/C11H18N4O/c1-14(2)7-8-15(3)11(16)9-5-4-6-13-10(9)12/h4-6H,7-8H2,1-3H3,(H2,12,13). The number of anilines is 1. The lowest BCUT2D eigenvalue weighted by Gasteiger charge is -2.20. The zero-order valence-corrected chi connectivity index (χ0v) is 9.97. The van der Waals surface area contributed by atoms with Gasteiger partial charge in [-0.25, -0.2) is 4.98 Å². The van der Waals surface area contributed by atoms with Crippen LogP contribution in [-0.2, 0) is 0 Å². The third-order valence-electron chi connectivity index (χ3n) is 2.30. The molecule has 1 amide bonds. The fraction of sp³-hybridized carbons (Fsp3) is 0.455. The SMILES string of the molecule is CN(C)CCN(C)C(=O)c1cccnc1N. The first-order valence-corrected chi connectivity index (χ1v) is 5.13. The Hall–Kier alpha value is -1.62. The van der Waals surface area contributed by atoms with Gasteiger partial charge < -0.3 is 15.5 Å². The normalized spacial score (nSPS) is 10.5. The lowest BCUT2D eigenvalue weighted by molar-refractivity contribution is 0.0787. The van der Waals surface area contributed by atoms with Gasteiger partial charge in [-0.15, -0.1) is 0 Å². The maximum atomic E-state index is 12.0. The third-order valence-corrected chi connectivity index (χ3v) is 2.30. The third kappa shape index (κ3) is 3.20. The number of nitrogens with two attached hydrogens (primary N) is 1. The first kappa shape index (κ1) is 12.4. The molecule has 5 heteroatoms. The van der Waals surface area contributed by atoms with Gasteiger partial charge in [0.1, 0.15) is 5.82 Å². The van der Waals surface area contributed by atoms with Crippen molar-refractivity contribution in [1.82, 2.24) is 14.8 Å². The van der Waals surface area contributed by atoms with Crippen LogP contribution in [0.15, 0.2) is 18.3 Å². The number of rotatable bonds is 4. The van der Waals surface area contributed by atoms with E-state index in [1.807, 2.05) is 19.0 Å². The molecule has 0 bridgehead atoms. The Kier molecular flexibility index (Phi) is 4.25. The second-order valence-corrected chi connectivity index (χ2v) is 3.97. The highest BCUT2D eigenvalue weighted by molar-refractivity contribution is 5.98. The van der Waals surface area contributed by atoms with E-state index < -0.39 is 0 Å². The largest absolute Gasteiger partial charge is 0.383 e. The van der Waals surface area contributed by atoms with E-state index in [9.17, 15) is 4.79 Å². The molecule has 2 N–H and O–H groups in total. The van der Waals surface area contributed by atoms with E-state index in [1.54, 1.807) is 30.3 Å². The van der Waals surface area contributed by atoms with Crippen LogP contribution >= 0.6 is 0 Å². The highest BCUT2D eigenvalue weighted by atomic mass is 16.2. The molecule has 0 unspecified atom stereocenters. The van der Waals surface area contributed by atoms with Crippen molar-refractivity contribution in [2.45, 2.75) is 0 Å². The van der Waals surface area contributed by atoms with Crippen molar-refractivity contribution in [3.8, 4) is 0 Å². The highest BCUT2D eigenvalue weighted by Gasteiger charge is 2.14. The van der Waals surface area contributed by atoms with Crippen molar-refractivity contribution in [2.24, 2.45) is 0 Å². The van der Waals surface area contributed by atoms with Gasteiger partial charge in [-0.05, 0) is 26.2 Å². The van der Waals surface area contributed by atoms with E-state index >= 15 is 0 Å². The van der Waals surface area contributed by atoms with Gasteiger partial charge in [0.15, 0.2) is 0 Å². The van der Waals surface area contributed by atoms with Gasteiger partial charge in [0.25, 0.3) is 5.91 Å². The van der Waals surface area contributed by atoms with Gasteiger partial charge in [-0.2, -0.15) is 0 Å². The average molecular weight is 222 g/mol. The van der Waals surface area contributed by atoms with Gasteiger partial charge in [0.05, 0.1) is 5.56 Å². The van der Waals surface area contributed by atoms with E-state index in [4.69, 9.17) is 5.73 Å². The smallest absolute Gasteiger partial charge is 0.257 e. The van der Waals surface area contributed by atoms with Gasteiger partial charge in [-0.3, -0.25) is 4.79 Å². The maximum Gasteiger partial charge on any atom is 0.257 e. The van der Waals surface area contributed by atoms with Crippen molar-refractivity contribution in [3.63, 3.8) is 0 Å². The predicted octanol–water partition coefficient (Wildman–Crippen LogP) is 0.297. The summed E-state index contributed by atoms with van der Waals surface area (Å²) in [4.78, 5) is 19.5. The van der Waals surface area contributed by atoms with Crippen molar-refractivity contribution < 1.29 is 4.79 Å². The zero-order chi connectivity index (χ0) is 12.1. The Morgan fingerprint density at radius 2 is 2.06 bits per heavy atom. The fourth-order valence-electron chi connectivity index (χ4n) is 1.26. The molecular weight excluding hydrogens is 204 g/mol. The molecule has 0 aliphatic heterocycles. The topological polar surface area (TPSA) is 62.5 Å². The molecule has 1 heterocycles. The first-order valence-electron chi connectivity index (χ1n) is 5.13. The van der Waals surface area contributed by atoms with E-state index in [1.165, 1.54) is 0 Å². The summed E-state index contributed by atoms with van der Waals surface area (Å²) < 4.78 is 0. The molecule has 0 atom stereocenters. The van der Waals surface area contributed by atoms with Gasteiger partial charge in [0.2, 0.25) is 0 Å². The van der Waals surface area contributed by atoms with Crippen LogP contribution in [0.1, 0.15) is 10.4 Å². The summed E-state index contributed by atoms with van der Waals surface area (Å²) in [7, 11) is 5.70. The van der Waals surface area contributed by atoms with Gasteiger partial charge in [-0.1, -0.05) is 0 Å². The number of aromatic nitrogens is 1. The van der Waals surface area contributed by atoms with Crippen LogP contribution in [0, 0.1) is 0 Å². The minimum atomic E-state index is -0.0903. The molecular formula is C11H18N4O.